The maximum atomic E-state index is 11.8. The van der Waals surface area contributed by atoms with E-state index in [9.17, 15) is 4.79 Å². The molecule has 2 N–H and O–H groups in total. The SMILES string of the molecule is CC1CCC2(CC2)CN1C(=O)[C@@H](C)N.Cl. The molecule has 88 valence electrons. The largest absolute Gasteiger partial charge is 0.338 e. The van der Waals surface area contributed by atoms with E-state index in [0.29, 0.717) is 11.5 Å². The number of nitrogens with two attached hydrogens (primary N) is 1. The Morgan fingerprint density at radius 2 is 2.07 bits per heavy atom. The van der Waals surface area contributed by atoms with E-state index in [1.54, 1.807) is 6.92 Å². The van der Waals surface area contributed by atoms with Crippen LogP contribution in [0.15, 0.2) is 0 Å². The van der Waals surface area contributed by atoms with Crippen LogP contribution in [-0.4, -0.2) is 29.4 Å². The van der Waals surface area contributed by atoms with Crippen LogP contribution < -0.4 is 5.73 Å². The van der Waals surface area contributed by atoms with Gasteiger partial charge in [-0.25, -0.2) is 0 Å². The first-order chi connectivity index (χ1) is 6.54. The maximum absolute atomic E-state index is 11.8. The zero-order valence-electron chi connectivity index (χ0n) is 9.53. The zero-order chi connectivity index (χ0) is 10.3. The van der Waals surface area contributed by atoms with Crippen molar-refractivity contribution >= 4 is 18.3 Å². The molecule has 1 amide bonds. The Hall–Kier alpha value is -0.280. The number of hydrogen-bond acceptors (Lipinski definition) is 2. The molecule has 0 aromatic rings. The second-order valence-electron chi connectivity index (χ2n) is 5.14. The first-order valence-electron chi connectivity index (χ1n) is 5.60. The fourth-order valence-electron chi connectivity index (χ4n) is 2.41. The summed E-state index contributed by atoms with van der Waals surface area (Å²) in [7, 11) is 0. The van der Waals surface area contributed by atoms with Crippen LogP contribution in [0.5, 0.6) is 0 Å². The van der Waals surface area contributed by atoms with Crippen LogP contribution in [0.2, 0.25) is 0 Å². The molecule has 4 heteroatoms. The van der Waals surface area contributed by atoms with Crippen molar-refractivity contribution < 1.29 is 4.79 Å². The minimum atomic E-state index is -0.341. The quantitative estimate of drug-likeness (QED) is 0.746. The lowest BCUT2D eigenvalue weighted by Crippen LogP contribution is -2.51. The smallest absolute Gasteiger partial charge is 0.239 e. The molecular weight excluding hydrogens is 212 g/mol. The van der Waals surface area contributed by atoms with Gasteiger partial charge in [0.2, 0.25) is 5.91 Å². The molecule has 1 unspecified atom stereocenters. The highest BCUT2D eigenvalue weighted by atomic mass is 35.5. The molecule has 3 nitrogen and oxygen atoms in total. The molecule has 1 aliphatic heterocycles. The Bertz CT molecular complexity index is 251. The number of rotatable bonds is 1. The van der Waals surface area contributed by atoms with Gasteiger partial charge in [0.1, 0.15) is 0 Å². The molecule has 0 aromatic carbocycles. The summed E-state index contributed by atoms with van der Waals surface area (Å²) in [4.78, 5) is 13.8. The van der Waals surface area contributed by atoms with E-state index in [-0.39, 0.29) is 24.4 Å². The van der Waals surface area contributed by atoms with E-state index in [4.69, 9.17) is 5.73 Å². The van der Waals surface area contributed by atoms with E-state index in [0.717, 1.165) is 13.0 Å². The highest BCUT2D eigenvalue weighted by Gasteiger charge is 2.48. The summed E-state index contributed by atoms with van der Waals surface area (Å²) in [5.74, 6) is 0.128. The lowest BCUT2D eigenvalue weighted by Gasteiger charge is -2.39. The van der Waals surface area contributed by atoms with E-state index < -0.39 is 0 Å². The third-order valence-corrected chi connectivity index (χ3v) is 3.76. The summed E-state index contributed by atoms with van der Waals surface area (Å²) < 4.78 is 0. The van der Waals surface area contributed by atoms with Crippen molar-refractivity contribution in [3.63, 3.8) is 0 Å². The van der Waals surface area contributed by atoms with Gasteiger partial charge in [0.25, 0.3) is 0 Å². The molecule has 1 aliphatic carbocycles. The predicted molar refractivity (Wildman–Crippen MR) is 63.0 cm³/mol. The van der Waals surface area contributed by atoms with Gasteiger partial charge in [0.15, 0.2) is 0 Å². The topological polar surface area (TPSA) is 46.3 Å². The standard InChI is InChI=1S/C11H20N2O.ClH/c1-8-3-4-11(5-6-11)7-13(8)10(14)9(2)12;/h8-9H,3-7,12H2,1-2H3;1H/t8?,9-;/m1./s1. The Labute approximate surface area is 97.8 Å². The summed E-state index contributed by atoms with van der Waals surface area (Å²) in [6, 6.07) is 0.0473. The van der Waals surface area contributed by atoms with Gasteiger partial charge in [-0.1, -0.05) is 0 Å². The van der Waals surface area contributed by atoms with Crippen molar-refractivity contribution in [3.05, 3.63) is 0 Å². The summed E-state index contributed by atoms with van der Waals surface area (Å²) in [6.07, 6.45) is 5.07. The van der Waals surface area contributed by atoms with Crippen LogP contribution in [0.25, 0.3) is 0 Å². The van der Waals surface area contributed by atoms with Crippen molar-refractivity contribution in [2.75, 3.05) is 6.54 Å². The normalized spacial score (nSPS) is 29.5. The second-order valence-corrected chi connectivity index (χ2v) is 5.14. The van der Waals surface area contributed by atoms with Crippen LogP contribution in [0, 0.1) is 5.41 Å². The number of hydrogen-bond donors (Lipinski definition) is 1. The summed E-state index contributed by atoms with van der Waals surface area (Å²) in [5, 5.41) is 0. The molecule has 2 aliphatic rings. The van der Waals surface area contributed by atoms with Crippen molar-refractivity contribution in [3.8, 4) is 0 Å². The molecule has 0 bridgehead atoms. The number of halogens is 1. The maximum Gasteiger partial charge on any atom is 0.239 e. The third kappa shape index (κ3) is 2.45. The second kappa shape index (κ2) is 4.30. The molecule has 1 spiro atoms. The predicted octanol–water partition coefficient (Wildman–Crippen LogP) is 1.55. The Balaban J connectivity index is 0.00000112. The van der Waals surface area contributed by atoms with Gasteiger partial charge < -0.3 is 10.6 Å². The summed E-state index contributed by atoms with van der Waals surface area (Å²) >= 11 is 0. The lowest BCUT2D eigenvalue weighted by atomic mass is 9.90. The summed E-state index contributed by atoms with van der Waals surface area (Å²) in [5.41, 5.74) is 6.14. The van der Waals surface area contributed by atoms with Gasteiger partial charge in [-0.3, -0.25) is 4.79 Å². The van der Waals surface area contributed by atoms with Gasteiger partial charge in [-0.2, -0.15) is 0 Å². The fraction of sp³-hybridized carbons (Fsp3) is 0.909. The van der Waals surface area contributed by atoms with Crippen molar-refractivity contribution in [1.82, 2.24) is 4.90 Å². The average Bonchev–Trinajstić information content (AvgIpc) is 2.89. The molecule has 2 rings (SSSR count). The number of likely N-dealkylation sites (tertiary alicyclic amines) is 1. The first-order valence-corrected chi connectivity index (χ1v) is 5.60. The zero-order valence-corrected chi connectivity index (χ0v) is 10.3. The summed E-state index contributed by atoms with van der Waals surface area (Å²) in [6.45, 7) is 4.87. The van der Waals surface area contributed by atoms with Crippen LogP contribution in [-0.2, 0) is 4.79 Å². The monoisotopic (exact) mass is 232 g/mol. The number of amides is 1. The Kier molecular flexibility index (Phi) is 3.67. The van der Waals surface area contributed by atoms with Crippen molar-refractivity contribution in [2.24, 2.45) is 11.1 Å². The average molecular weight is 233 g/mol. The van der Waals surface area contributed by atoms with Crippen LogP contribution in [0.4, 0.5) is 0 Å². The van der Waals surface area contributed by atoms with Gasteiger partial charge >= 0.3 is 0 Å². The van der Waals surface area contributed by atoms with Crippen LogP contribution in [0.3, 0.4) is 0 Å². The number of piperidine rings is 1. The van der Waals surface area contributed by atoms with E-state index in [2.05, 4.69) is 6.92 Å². The molecule has 15 heavy (non-hydrogen) atoms. The van der Waals surface area contributed by atoms with Gasteiger partial charge in [-0.15, -0.1) is 12.4 Å². The van der Waals surface area contributed by atoms with E-state index >= 15 is 0 Å². The fourth-order valence-corrected chi connectivity index (χ4v) is 2.41. The molecular formula is C11H21ClN2O. The highest BCUT2D eigenvalue weighted by Crippen LogP contribution is 2.53. The van der Waals surface area contributed by atoms with Gasteiger partial charge in [-0.05, 0) is 44.9 Å². The number of carbonyl (C=O) groups is 1. The molecule has 1 saturated carbocycles. The van der Waals surface area contributed by atoms with Crippen molar-refractivity contribution in [1.29, 1.82) is 0 Å². The molecule has 1 heterocycles. The number of nitrogens with zero attached hydrogens (tertiary/aromatic N) is 1. The highest BCUT2D eigenvalue weighted by molar-refractivity contribution is 5.85. The lowest BCUT2D eigenvalue weighted by molar-refractivity contribution is -0.137. The molecule has 1 saturated heterocycles. The molecule has 0 radical (unpaired) electrons. The van der Waals surface area contributed by atoms with Gasteiger partial charge in [0, 0.05) is 12.6 Å². The minimum Gasteiger partial charge on any atom is -0.338 e. The van der Waals surface area contributed by atoms with E-state index in [1.807, 2.05) is 4.90 Å². The molecule has 0 aromatic heterocycles. The van der Waals surface area contributed by atoms with Crippen LogP contribution in [0.1, 0.15) is 39.5 Å². The minimum absolute atomic E-state index is 0. The first kappa shape index (κ1) is 12.8. The van der Waals surface area contributed by atoms with Gasteiger partial charge in [0.05, 0.1) is 6.04 Å². The number of carbonyl (C=O) groups excluding carboxylic acids is 1. The molecule has 2 atom stereocenters. The van der Waals surface area contributed by atoms with Crippen molar-refractivity contribution in [2.45, 2.75) is 51.6 Å². The molecule has 2 fully saturated rings. The Morgan fingerprint density at radius 3 is 2.53 bits per heavy atom. The third-order valence-electron chi connectivity index (χ3n) is 3.76. The van der Waals surface area contributed by atoms with E-state index in [1.165, 1.54) is 19.3 Å². The van der Waals surface area contributed by atoms with Crippen LogP contribution >= 0.6 is 12.4 Å². The Morgan fingerprint density at radius 1 is 1.47 bits per heavy atom.